The second kappa shape index (κ2) is 7.35. The lowest BCUT2D eigenvalue weighted by atomic mass is 9.47. The van der Waals surface area contributed by atoms with Gasteiger partial charge in [-0.2, -0.15) is 0 Å². The monoisotopic (exact) mass is 401 g/mol. The van der Waals surface area contributed by atoms with Gasteiger partial charge in [-0.15, -0.1) is 0 Å². The SMILES string of the molecule is C[C@]12CCC(C=O)O[C@@H]1CC[C@@H]1[C@@H]2CC[C@]2(C)[C@@H](C(=O)N3CCCCC3)CC[C@@H]12. The van der Waals surface area contributed by atoms with Crippen molar-refractivity contribution >= 4 is 12.2 Å². The molecule has 1 amide bonds. The van der Waals surface area contributed by atoms with Crippen LogP contribution < -0.4 is 0 Å². The number of hydrogen-bond donors (Lipinski definition) is 0. The van der Waals surface area contributed by atoms with Crippen molar-refractivity contribution in [1.29, 1.82) is 0 Å². The Kier molecular flexibility index (Phi) is 5.08. The summed E-state index contributed by atoms with van der Waals surface area (Å²) in [5.74, 6) is 2.87. The summed E-state index contributed by atoms with van der Waals surface area (Å²) in [6.07, 6.45) is 13.8. The van der Waals surface area contributed by atoms with Crippen molar-refractivity contribution in [3.63, 3.8) is 0 Å². The number of nitrogens with zero attached hydrogens (tertiary/aromatic N) is 1. The Labute approximate surface area is 176 Å². The van der Waals surface area contributed by atoms with Gasteiger partial charge < -0.3 is 14.4 Å². The summed E-state index contributed by atoms with van der Waals surface area (Å²) in [5.41, 5.74) is 0.415. The van der Waals surface area contributed by atoms with Crippen LogP contribution in [0.4, 0.5) is 0 Å². The Morgan fingerprint density at radius 3 is 2.38 bits per heavy atom. The van der Waals surface area contributed by atoms with Crippen molar-refractivity contribution in [2.24, 2.45) is 34.5 Å². The van der Waals surface area contributed by atoms with E-state index in [0.29, 0.717) is 17.7 Å². The summed E-state index contributed by atoms with van der Waals surface area (Å²) in [6.45, 7) is 6.87. The molecule has 162 valence electrons. The van der Waals surface area contributed by atoms with Gasteiger partial charge in [0.1, 0.15) is 12.4 Å². The predicted molar refractivity (Wildman–Crippen MR) is 112 cm³/mol. The van der Waals surface area contributed by atoms with Gasteiger partial charge in [0.15, 0.2) is 0 Å². The minimum Gasteiger partial charge on any atom is -0.367 e. The van der Waals surface area contributed by atoms with Gasteiger partial charge >= 0.3 is 0 Å². The van der Waals surface area contributed by atoms with E-state index in [1.54, 1.807) is 0 Å². The molecule has 2 saturated heterocycles. The zero-order valence-electron chi connectivity index (χ0n) is 18.4. The average Bonchev–Trinajstić information content (AvgIpc) is 3.10. The molecule has 5 aliphatic rings. The Bertz CT molecular complexity index is 658. The maximum Gasteiger partial charge on any atom is 0.226 e. The normalized spacial score (nSPS) is 49.7. The molecule has 0 radical (unpaired) electrons. The predicted octanol–water partition coefficient (Wildman–Crippen LogP) is 4.60. The summed E-state index contributed by atoms with van der Waals surface area (Å²) in [7, 11) is 0. The first kappa shape index (κ1) is 20.0. The van der Waals surface area contributed by atoms with Gasteiger partial charge in [-0.25, -0.2) is 0 Å². The van der Waals surface area contributed by atoms with Crippen LogP contribution in [0, 0.1) is 34.5 Å². The number of rotatable bonds is 2. The molecule has 5 rings (SSSR count). The van der Waals surface area contributed by atoms with Gasteiger partial charge in [-0.3, -0.25) is 4.79 Å². The number of likely N-dealkylation sites (tertiary alicyclic amines) is 1. The highest BCUT2D eigenvalue weighted by atomic mass is 16.5. The third-order valence-corrected chi connectivity index (χ3v) is 10.2. The van der Waals surface area contributed by atoms with E-state index < -0.39 is 0 Å². The molecule has 0 aromatic heterocycles. The van der Waals surface area contributed by atoms with Crippen molar-refractivity contribution < 1.29 is 14.3 Å². The number of carbonyl (C=O) groups is 2. The van der Waals surface area contributed by atoms with E-state index in [9.17, 15) is 9.59 Å². The lowest BCUT2D eigenvalue weighted by molar-refractivity contribution is -0.195. The summed E-state index contributed by atoms with van der Waals surface area (Å²) in [5, 5.41) is 0. The van der Waals surface area contributed by atoms with Gasteiger partial charge in [0.25, 0.3) is 0 Å². The Morgan fingerprint density at radius 2 is 1.62 bits per heavy atom. The third kappa shape index (κ3) is 3.03. The highest BCUT2D eigenvalue weighted by Gasteiger charge is 2.62. The number of piperidine rings is 1. The number of aldehydes is 1. The molecule has 4 nitrogen and oxygen atoms in total. The van der Waals surface area contributed by atoms with Gasteiger partial charge in [0.2, 0.25) is 5.91 Å². The van der Waals surface area contributed by atoms with Gasteiger partial charge in [0.05, 0.1) is 6.10 Å². The van der Waals surface area contributed by atoms with Gasteiger partial charge in [-0.1, -0.05) is 13.8 Å². The molecule has 4 heteroatoms. The molecule has 2 heterocycles. The molecule has 3 saturated carbocycles. The lowest BCUT2D eigenvalue weighted by Crippen LogP contribution is -2.57. The molecule has 1 unspecified atom stereocenters. The molecule has 0 N–H and O–H groups in total. The van der Waals surface area contributed by atoms with Gasteiger partial charge in [-0.05, 0) is 99.2 Å². The Balaban J connectivity index is 1.35. The Hall–Kier alpha value is -0.900. The molecule has 0 bridgehead atoms. The van der Waals surface area contributed by atoms with Crippen LogP contribution in [-0.4, -0.2) is 42.4 Å². The number of hydrogen-bond acceptors (Lipinski definition) is 3. The van der Waals surface area contributed by atoms with E-state index in [1.807, 2.05) is 0 Å². The van der Waals surface area contributed by atoms with E-state index in [-0.39, 0.29) is 29.0 Å². The fraction of sp³-hybridized carbons (Fsp3) is 0.920. The minimum absolute atomic E-state index is 0.184. The number of amides is 1. The van der Waals surface area contributed by atoms with E-state index in [2.05, 4.69) is 18.7 Å². The van der Waals surface area contributed by atoms with Crippen molar-refractivity contribution in [3.05, 3.63) is 0 Å². The Morgan fingerprint density at radius 1 is 0.897 bits per heavy atom. The van der Waals surface area contributed by atoms with Crippen molar-refractivity contribution in [2.75, 3.05) is 13.1 Å². The van der Waals surface area contributed by atoms with Crippen molar-refractivity contribution in [3.8, 4) is 0 Å². The summed E-state index contributed by atoms with van der Waals surface area (Å²) < 4.78 is 6.24. The van der Waals surface area contributed by atoms with Crippen molar-refractivity contribution in [2.45, 2.75) is 96.7 Å². The first-order valence-electron chi connectivity index (χ1n) is 12.4. The molecule has 8 atom stereocenters. The molecule has 5 fully saturated rings. The topological polar surface area (TPSA) is 46.6 Å². The molecular formula is C25H39NO3. The van der Waals surface area contributed by atoms with Crippen LogP contribution >= 0.6 is 0 Å². The average molecular weight is 402 g/mol. The molecule has 0 aromatic carbocycles. The maximum absolute atomic E-state index is 13.5. The standard InChI is InChI=1S/C25H39NO3/c1-24-13-11-20-18(6-9-22-25(20,2)12-10-17(16-27)29-22)19(24)7-8-21(24)23(28)26-14-4-3-5-15-26/h16-22H,3-15H2,1-2H3/t17?,18-,19-,20-,21+,22+,24-,25+/m0/s1. The lowest BCUT2D eigenvalue weighted by Gasteiger charge is -2.60. The fourth-order valence-electron chi connectivity index (χ4n) is 8.56. The summed E-state index contributed by atoms with van der Waals surface area (Å²) in [4.78, 5) is 26.9. The molecule has 0 aromatic rings. The first-order valence-corrected chi connectivity index (χ1v) is 12.4. The zero-order chi connectivity index (χ0) is 20.2. The van der Waals surface area contributed by atoms with Crippen LogP contribution in [-0.2, 0) is 14.3 Å². The van der Waals surface area contributed by atoms with Crippen LogP contribution in [0.25, 0.3) is 0 Å². The number of carbonyl (C=O) groups excluding carboxylic acids is 2. The minimum atomic E-state index is -0.184. The molecule has 3 aliphatic carbocycles. The quantitative estimate of drug-likeness (QED) is 0.635. The number of fused-ring (bicyclic) bond motifs is 5. The molecular weight excluding hydrogens is 362 g/mol. The maximum atomic E-state index is 13.5. The van der Waals surface area contributed by atoms with Crippen LogP contribution in [0.1, 0.15) is 84.5 Å². The first-order chi connectivity index (χ1) is 14.0. The van der Waals surface area contributed by atoms with E-state index in [1.165, 1.54) is 44.9 Å². The van der Waals surface area contributed by atoms with Crippen LogP contribution in [0.5, 0.6) is 0 Å². The van der Waals surface area contributed by atoms with E-state index in [0.717, 1.165) is 51.0 Å². The summed E-state index contributed by atoms with van der Waals surface area (Å²) in [6, 6.07) is 0. The fourth-order valence-corrected chi connectivity index (χ4v) is 8.56. The van der Waals surface area contributed by atoms with E-state index >= 15 is 0 Å². The second-order valence-electron chi connectivity index (χ2n) is 11.4. The molecule has 0 spiro atoms. The molecule has 2 aliphatic heterocycles. The number of ether oxygens (including phenoxy) is 1. The van der Waals surface area contributed by atoms with Crippen LogP contribution in [0.2, 0.25) is 0 Å². The largest absolute Gasteiger partial charge is 0.367 e. The highest BCUT2D eigenvalue weighted by Crippen LogP contribution is 2.66. The van der Waals surface area contributed by atoms with Gasteiger partial charge in [0, 0.05) is 19.0 Å². The van der Waals surface area contributed by atoms with Crippen LogP contribution in [0.3, 0.4) is 0 Å². The molecule has 29 heavy (non-hydrogen) atoms. The third-order valence-electron chi connectivity index (χ3n) is 10.2. The zero-order valence-corrected chi connectivity index (χ0v) is 18.4. The van der Waals surface area contributed by atoms with Crippen LogP contribution in [0.15, 0.2) is 0 Å². The smallest absolute Gasteiger partial charge is 0.226 e. The van der Waals surface area contributed by atoms with E-state index in [4.69, 9.17) is 4.74 Å². The second-order valence-corrected chi connectivity index (χ2v) is 11.4. The highest BCUT2D eigenvalue weighted by molar-refractivity contribution is 5.80. The summed E-state index contributed by atoms with van der Waals surface area (Å²) >= 11 is 0. The van der Waals surface area contributed by atoms with Crippen molar-refractivity contribution in [1.82, 2.24) is 4.90 Å².